The number of ketones is 1. The molecule has 0 bridgehead atoms. The minimum atomic E-state index is -0.952. The van der Waals surface area contributed by atoms with Crippen molar-refractivity contribution in [3.63, 3.8) is 0 Å². The highest BCUT2D eigenvalue weighted by Crippen LogP contribution is 2.21. The molecule has 0 atom stereocenters. The molecule has 5 nitrogen and oxygen atoms in total. The molecule has 0 aliphatic heterocycles. The zero-order valence-corrected chi connectivity index (χ0v) is 10.5. The number of Topliss-reactive ketones (excluding diaryl/α,β-unsaturated/α-hetero) is 1. The molecule has 0 aliphatic rings. The lowest BCUT2D eigenvalue weighted by Gasteiger charge is -2.15. The summed E-state index contributed by atoms with van der Waals surface area (Å²) in [7, 11) is 2.80. The predicted molar refractivity (Wildman–Crippen MR) is 59.8 cm³/mol. The van der Waals surface area contributed by atoms with Gasteiger partial charge in [0.15, 0.2) is 0 Å². The van der Waals surface area contributed by atoms with Crippen LogP contribution in [0.4, 0.5) is 0 Å². The number of rotatable bonds is 5. The average Bonchev–Trinajstić information content (AvgIpc) is 2.61. The summed E-state index contributed by atoms with van der Waals surface area (Å²) in [5.74, 6) is -0.332. The van der Waals surface area contributed by atoms with Crippen molar-refractivity contribution >= 4 is 17.4 Å². The molecule has 1 rings (SSSR count). The van der Waals surface area contributed by atoms with Gasteiger partial charge in [0, 0.05) is 20.3 Å². The summed E-state index contributed by atoms with van der Waals surface area (Å²) in [6, 6.07) is 0.0424. The van der Waals surface area contributed by atoms with Gasteiger partial charge in [-0.3, -0.25) is 9.48 Å². The van der Waals surface area contributed by atoms with Crippen molar-refractivity contribution in [3.05, 3.63) is 16.9 Å². The monoisotopic (exact) mass is 246 g/mol. The van der Waals surface area contributed by atoms with E-state index in [-0.39, 0.29) is 11.8 Å². The lowest BCUT2D eigenvalue weighted by atomic mass is 10.2. The number of hydrogen-bond acceptors (Lipinski definition) is 4. The van der Waals surface area contributed by atoms with Gasteiger partial charge in [-0.2, -0.15) is 5.10 Å². The molecule has 1 aromatic heterocycles. The number of hydrogen-bond donors (Lipinski definition) is 0. The summed E-state index contributed by atoms with van der Waals surface area (Å²) >= 11 is 5.93. The molecule has 1 heterocycles. The molecule has 0 aromatic carbocycles. The van der Waals surface area contributed by atoms with E-state index >= 15 is 0 Å². The molecule has 16 heavy (non-hydrogen) atoms. The van der Waals surface area contributed by atoms with Crippen LogP contribution >= 0.6 is 11.6 Å². The summed E-state index contributed by atoms with van der Waals surface area (Å²) in [4.78, 5) is 12.0. The number of ether oxygens (including phenoxy) is 2. The normalized spacial score (nSPS) is 11.4. The summed E-state index contributed by atoms with van der Waals surface area (Å²) in [6.45, 7) is 3.82. The van der Waals surface area contributed by atoms with Gasteiger partial charge in [-0.05, 0) is 13.8 Å². The van der Waals surface area contributed by atoms with Crippen molar-refractivity contribution in [2.75, 3.05) is 14.2 Å². The van der Waals surface area contributed by atoms with Gasteiger partial charge in [0.2, 0.25) is 12.1 Å². The second-order valence-electron chi connectivity index (χ2n) is 3.55. The Morgan fingerprint density at radius 3 is 2.44 bits per heavy atom. The second-order valence-corrected chi connectivity index (χ2v) is 3.95. The maximum absolute atomic E-state index is 12.0. The van der Waals surface area contributed by atoms with Crippen LogP contribution in [0.25, 0.3) is 0 Å². The van der Waals surface area contributed by atoms with E-state index in [1.807, 2.05) is 13.8 Å². The Morgan fingerprint density at radius 2 is 2.00 bits per heavy atom. The quantitative estimate of drug-likeness (QED) is 0.588. The van der Waals surface area contributed by atoms with Crippen LogP contribution in [0, 0.1) is 0 Å². The van der Waals surface area contributed by atoms with E-state index in [1.54, 1.807) is 4.68 Å². The standard InChI is InChI=1S/C10H15ClN2O3/c1-6(2)13-8(7(11)5-12-13)9(14)10(15-3)16-4/h5-6,10H,1-4H3. The Bertz CT molecular complexity index is 372. The van der Waals surface area contributed by atoms with Crippen LogP contribution in [0.5, 0.6) is 0 Å². The summed E-state index contributed by atoms with van der Waals surface area (Å²) in [5.41, 5.74) is 0.311. The summed E-state index contributed by atoms with van der Waals surface area (Å²) in [6.07, 6.45) is 0.490. The molecule has 0 saturated heterocycles. The first-order chi connectivity index (χ1) is 7.52. The number of methoxy groups -OCH3 is 2. The van der Waals surface area contributed by atoms with Gasteiger partial charge in [-0.15, -0.1) is 0 Å². The van der Waals surface area contributed by atoms with Gasteiger partial charge in [-0.25, -0.2) is 0 Å². The van der Waals surface area contributed by atoms with Gasteiger partial charge < -0.3 is 9.47 Å². The molecule has 0 fully saturated rings. The van der Waals surface area contributed by atoms with Crippen molar-refractivity contribution in [1.29, 1.82) is 0 Å². The molecule has 0 saturated carbocycles. The van der Waals surface area contributed by atoms with Crippen molar-refractivity contribution in [2.45, 2.75) is 26.2 Å². The third-order valence-corrected chi connectivity index (χ3v) is 2.39. The Morgan fingerprint density at radius 1 is 1.44 bits per heavy atom. The third kappa shape index (κ3) is 2.42. The minimum absolute atomic E-state index is 0.0424. The fourth-order valence-electron chi connectivity index (χ4n) is 1.39. The Kier molecular flexibility index (Phi) is 4.46. The van der Waals surface area contributed by atoms with Crippen LogP contribution in [-0.2, 0) is 9.47 Å². The first-order valence-electron chi connectivity index (χ1n) is 4.85. The predicted octanol–water partition coefficient (Wildman–Crippen LogP) is 1.92. The lowest BCUT2D eigenvalue weighted by molar-refractivity contribution is -0.0747. The summed E-state index contributed by atoms with van der Waals surface area (Å²) in [5, 5.41) is 4.34. The Labute approximate surface area is 99.3 Å². The Balaban J connectivity index is 3.11. The number of halogens is 1. The maximum Gasteiger partial charge on any atom is 0.238 e. The highest BCUT2D eigenvalue weighted by Gasteiger charge is 2.26. The molecule has 0 radical (unpaired) electrons. The van der Waals surface area contributed by atoms with Crippen molar-refractivity contribution in [3.8, 4) is 0 Å². The third-order valence-electron chi connectivity index (χ3n) is 2.12. The van der Waals surface area contributed by atoms with E-state index in [0.717, 1.165) is 0 Å². The van der Waals surface area contributed by atoms with Crippen LogP contribution in [0.15, 0.2) is 6.20 Å². The molecular weight excluding hydrogens is 232 g/mol. The average molecular weight is 247 g/mol. The smallest absolute Gasteiger partial charge is 0.238 e. The molecule has 6 heteroatoms. The number of carbonyl (C=O) groups excluding carboxylic acids is 1. The molecule has 0 aliphatic carbocycles. The lowest BCUT2D eigenvalue weighted by Crippen LogP contribution is -2.28. The van der Waals surface area contributed by atoms with Gasteiger partial charge in [0.25, 0.3) is 0 Å². The molecule has 0 N–H and O–H groups in total. The first-order valence-corrected chi connectivity index (χ1v) is 5.23. The van der Waals surface area contributed by atoms with E-state index in [9.17, 15) is 4.79 Å². The molecular formula is C10H15ClN2O3. The van der Waals surface area contributed by atoms with Crippen LogP contribution in [0.2, 0.25) is 5.02 Å². The maximum atomic E-state index is 12.0. The van der Waals surface area contributed by atoms with Gasteiger partial charge in [0.05, 0.1) is 11.2 Å². The fourth-order valence-corrected chi connectivity index (χ4v) is 1.61. The van der Waals surface area contributed by atoms with Crippen molar-refractivity contribution in [2.24, 2.45) is 0 Å². The number of nitrogens with zero attached hydrogens (tertiary/aromatic N) is 2. The van der Waals surface area contributed by atoms with Crippen LogP contribution in [0.3, 0.4) is 0 Å². The fraction of sp³-hybridized carbons (Fsp3) is 0.600. The molecule has 1 aromatic rings. The molecule has 0 spiro atoms. The first kappa shape index (κ1) is 13.2. The van der Waals surface area contributed by atoms with Gasteiger partial charge in [0.1, 0.15) is 5.69 Å². The largest absolute Gasteiger partial charge is 0.349 e. The Hall–Kier alpha value is -0.910. The van der Waals surface area contributed by atoms with E-state index in [1.165, 1.54) is 20.4 Å². The zero-order valence-electron chi connectivity index (χ0n) is 9.73. The van der Waals surface area contributed by atoms with Crippen molar-refractivity contribution in [1.82, 2.24) is 9.78 Å². The second kappa shape index (κ2) is 5.43. The van der Waals surface area contributed by atoms with Gasteiger partial charge >= 0.3 is 0 Å². The van der Waals surface area contributed by atoms with Crippen LogP contribution < -0.4 is 0 Å². The van der Waals surface area contributed by atoms with E-state index in [4.69, 9.17) is 21.1 Å². The van der Waals surface area contributed by atoms with E-state index < -0.39 is 6.29 Å². The highest BCUT2D eigenvalue weighted by atomic mass is 35.5. The number of carbonyl (C=O) groups is 1. The van der Waals surface area contributed by atoms with E-state index in [0.29, 0.717) is 10.7 Å². The minimum Gasteiger partial charge on any atom is -0.349 e. The molecule has 0 amide bonds. The summed E-state index contributed by atoms with van der Waals surface area (Å²) < 4.78 is 11.4. The highest BCUT2D eigenvalue weighted by molar-refractivity contribution is 6.33. The molecule has 0 unspecified atom stereocenters. The SMILES string of the molecule is COC(OC)C(=O)c1c(Cl)cnn1C(C)C. The zero-order chi connectivity index (χ0) is 12.3. The van der Waals surface area contributed by atoms with E-state index in [2.05, 4.69) is 5.10 Å². The number of aromatic nitrogens is 2. The van der Waals surface area contributed by atoms with Crippen LogP contribution in [0.1, 0.15) is 30.4 Å². The van der Waals surface area contributed by atoms with Gasteiger partial charge in [-0.1, -0.05) is 11.6 Å². The molecule has 90 valence electrons. The topological polar surface area (TPSA) is 53.4 Å². The van der Waals surface area contributed by atoms with Crippen LogP contribution in [-0.4, -0.2) is 36.1 Å². The van der Waals surface area contributed by atoms with Crippen molar-refractivity contribution < 1.29 is 14.3 Å².